The van der Waals surface area contributed by atoms with Crippen LogP contribution in [-0.2, 0) is 9.53 Å². The van der Waals surface area contributed by atoms with Crippen molar-refractivity contribution in [3.63, 3.8) is 0 Å². The lowest BCUT2D eigenvalue weighted by molar-refractivity contribution is -0.164. The minimum Gasteiger partial charge on any atom is -0.464 e. The minimum absolute atomic E-state index is 0.0992. The molecule has 0 fully saturated rings. The Morgan fingerprint density at radius 3 is 1.82 bits per heavy atom. The van der Waals surface area contributed by atoms with Crippen molar-refractivity contribution < 1.29 is 9.53 Å². The molecular formula is C14H28O2S. The molecule has 0 aromatic rings. The van der Waals surface area contributed by atoms with E-state index in [0.29, 0.717) is 12.4 Å². The van der Waals surface area contributed by atoms with Gasteiger partial charge < -0.3 is 4.74 Å². The van der Waals surface area contributed by atoms with Gasteiger partial charge in [0.05, 0.1) is 5.41 Å². The van der Waals surface area contributed by atoms with Crippen LogP contribution >= 0.6 is 12.6 Å². The van der Waals surface area contributed by atoms with Crippen LogP contribution in [0.25, 0.3) is 0 Å². The molecule has 2 nitrogen and oxygen atoms in total. The summed E-state index contributed by atoms with van der Waals surface area (Å²) in [6.45, 7) is 15.2. The number of esters is 1. The highest BCUT2D eigenvalue weighted by atomic mass is 32.1. The smallest absolute Gasteiger partial charge is 0.312 e. The summed E-state index contributed by atoms with van der Waals surface area (Å²) in [6, 6.07) is 0. The normalized spacial score (nSPS) is 16.5. The maximum absolute atomic E-state index is 12.3. The summed E-state index contributed by atoms with van der Waals surface area (Å²) in [5, 5.41) is 0. The predicted octanol–water partition coefficient (Wildman–Crippen LogP) is 3.95. The van der Waals surface area contributed by atoms with Gasteiger partial charge in [-0.1, -0.05) is 41.5 Å². The third-order valence-corrected chi connectivity index (χ3v) is 3.50. The van der Waals surface area contributed by atoms with Crippen LogP contribution in [0.2, 0.25) is 0 Å². The van der Waals surface area contributed by atoms with E-state index < -0.39 is 5.41 Å². The Bertz CT molecular complexity index is 260. The Hall–Kier alpha value is -0.180. The zero-order chi connectivity index (χ0) is 13.9. The van der Waals surface area contributed by atoms with Gasteiger partial charge in [-0.2, -0.15) is 12.6 Å². The highest BCUT2D eigenvalue weighted by Crippen LogP contribution is 2.47. The van der Waals surface area contributed by atoms with Crippen LogP contribution < -0.4 is 0 Å². The largest absolute Gasteiger partial charge is 0.464 e. The Kier molecular flexibility index (Phi) is 5.58. The van der Waals surface area contributed by atoms with E-state index in [-0.39, 0.29) is 16.8 Å². The average molecular weight is 260 g/mol. The van der Waals surface area contributed by atoms with Crippen LogP contribution in [0, 0.1) is 16.2 Å². The molecule has 0 aromatic carbocycles. The Balaban J connectivity index is 5.05. The van der Waals surface area contributed by atoms with E-state index in [9.17, 15) is 4.79 Å². The molecule has 3 heteroatoms. The van der Waals surface area contributed by atoms with E-state index in [2.05, 4.69) is 54.2 Å². The topological polar surface area (TPSA) is 26.3 Å². The van der Waals surface area contributed by atoms with Crippen molar-refractivity contribution in [1.29, 1.82) is 0 Å². The minimum atomic E-state index is -0.464. The lowest BCUT2D eigenvalue weighted by atomic mass is 9.61. The highest BCUT2D eigenvalue weighted by Gasteiger charge is 2.47. The van der Waals surface area contributed by atoms with Crippen molar-refractivity contribution in [1.82, 2.24) is 0 Å². The number of hydrogen-bond acceptors (Lipinski definition) is 3. The Labute approximate surface area is 112 Å². The number of carbonyl (C=O) groups excluding carboxylic acids is 1. The Morgan fingerprint density at radius 1 is 1.06 bits per heavy atom. The molecule has 0 aliphatic carbocycles. The molecule has 1 unspecified atom stereocenters. The molecule has 0 bridgehead atoms. The summed E-state index contributed by atoms with van der Waals surface area (Å²) in [5.41, 5.74) is -0.482. The number of hydrogen-bond donors (Lipinski definition) is 1. The quantitative estimate of drug-likeness (QED) is 0.612. The van der Waals surface area contributed by atoms with Crippen LogP contribution in [-0.4, -0.2) is 18.3 Å². The van der Waals surface area contributed by atoms with Crippen molar-refractivity contribution in [3.8, 4) is 0 Å². The number of thiol groups is 1. The third-order valence-electron chi connectivity index (χ3n) is 3.31. The first-order chi connectivity index (χ1) is 7.44. The second-order valence-corrected chi connectivity index (χ2v) is 7.63. The first kappa shape index (κ1) is 16.8. The van der Waals surface area contributed by atoms with Crippen molar-refractivity contribution in [2.75, 3.05) is 12.4 Å². The van der Waals surface area contributed by atoms with Gasteiger partial charge in [-0.3, -0.25) is 4.79 Å². The van der Waals surface area contributed by atoms with E-state index in [1.807, 2.05) is 6.92 Å². The molecule has 0 saturated heterocycles. The summed E-state index contributed by atoms with van der Waals surface area (Å²) < 4.78 is 5.31. The third kappa shape index (κ3) is 4.90. The maximum Gasteiger partial charge on any atom is 0.312 e. The number of carbonyl (C=O) groups is 1. The molecule has 17 heavy (non-hydrogen) atoms. The SMILES string of the molecule is CC(C)(C)CC(C)(C(=O)OCCS)C(C)(C)C. The fourth-order valence-electron chi connectivity index (χ4n) is 2.00. The summed E-state index contributed by atoms with van der Waals surface area (Å²) in [5.74, 6) is 0.468. The zero-order valence-corrected chi connectivity index (χ0v) is 13.3. The van der Waals surface area contributed by atoms with Gasteiger partial charge in [0.15, 0.2) is 0 Å². The molecule has 1 atom stereocenters. The molecule has 0 aromatic heterocycles. The van der Waals surface area contributed by atoms with Gasteiger partial charge in [-0.05, 0) is 24.2 Å². The molecule has 0 aliphatic heterocycles. The summed E-state index contributed by atoms with van der Waals surface area (Å²) in [6.07, 6.45) is 0.814. The van der Waals surface area contributed by atoms with Crippen molar-refractivity contribution in [3.05, 3.63) is 0 Å². The summed E-state index contributed by atoms with van der Waals surface area (Å²) in [4.78, 5) is 12.3. The average Bonchev–Trinajstić information content (AvgIpc) is 2.09. The van der Waals surface area contributed by atoms with Gasteiger partial charge in [0.2, 0.25) is 0 Å². The monoisotopic (exact) mass is 260 g/mol. The van der Waals surface area contributed by atoms with Gasteiger partial charge in [-0.25, -0.2) is 0 Å². The first-order valence-electron chi connectivity index (χ1n) is 6.22. The van der Waals surface area contributed by atoms with Crippen LogP contribution in [0.15, 0.2) is 0 Å². The van der Waals surface area contributed by atoms with Crippen molar-refractivity contribution in [2.24, 2.45) is 16.2 Å². The van der Waals surface area contributed by atoms with Crippen molar-refractivity contribution >= 4 is 18.6 Å². The lowest BCUT2D eigenvalue weighted by Gasteiger charge is -2.43. The lowest BCUT2D eigenvalue weighted by Crippen LogP contribution is -2.44. The van der Waals surface area contributed by atoms with Crippen molar-refractivity contribution in [2.45, 2.75) is 54.9 Å². The summed E-state index contributed by atoms with van der Waals surface area (Å²) >= 11 is 4.07. The molecule has 0 aliphatic rings. The van der Waals surface area contributed by atoms with Gasteiger partial charge in [0, 0.05) is 5.75 Å². The molecule has 0 spiro atoms. The van der Waals surface area contributed by atoms with Gasteiger partial charge in [-0.15, -0.1) is 0 Å². The fourth-order valence-corrected chi connectivity index (χ4v) is 2.09. The zero-order valence-electron chi connectivity index (χ0n) is 12.4. The maximum atomic E-state index is 12.3. The van der Waals surface area contributed by atoms with Crippen LogP contribution in [0.1, 0.15) is 54.9 Å². The molecule has 102 valence electrons. The molecule has 0 saturated carbocycles. The number of ether oxygens (including phenoxy) is 1. The fraction of sp³-hybridized carbons (Fsp3) is 0.929. The van der Waals surface area contributed by atoms with Gasteiger partial charge in [0.1, 0.15) is 6.61 Å². The second kappa shape index (κ2) is 5.64. The first-order valence-corrected chi connectivity index (χ1v) is 6.85. The standard InChI is InChI=1S/C14H28O2S/c1-12(2,3)10-14(7,13(4,5)6)11(15)16-8-9-17/h17H,8-10H2,1-7H3. The van der Waals surface area contributed by atoms with E-state index >= 15 is 0 Å². The summed E-state index contributed by atoms with van der Waals surface area (Å²) in [7, 11) is 0. The molecule has 0 heterocycles. The Morgan fingerprint density at radius 2 is 1.53 bits per heavy atom. The van der Waals surface area contributed by atoms with Crippen LogP contribution in [0.4, 0.5) is 0 Å². The second-order valence-electron chi connectivity index (χ2n) is 7.18. The van der Waals surface area contributed by atoms with Gasteiger partial charge in [0.25, 0.3) is 0 Å². The van der Waals surface area contributed by atoms with E-state index in [1.54, 1.807) is 0 Å². The van der Waals surface area contributed by atoms with E-state index in [0.717, 1.165) is 6.42 Å². The molecule has 0 radical (unpaired) electrons. The van der Waals surface area contributed by atoms with E-state index in [1.165, 1.54) is 0 Å². The molecule has 0 N–H and O–H groups in total. The highest BCUT2D eigenvalue weighted by molar-refractivity contribution is 7.80. The molecule has 0 rings (SSSR count). The van der Waals surface area contributed by atoms with E-state index in [4.69, 9.17) is 4.74 Å². The van der Waals surface area contributed by atoms with Crippen LogP contribution in [0.3, 0.4) is 0 Å². The predicted molar refractivity (Wildman–Crippen MR) is 76.4 cm³/mol. The number of rotatable bonds is 4. The van der Waals surface area contributed by atoms with Crippen LogP contribution in [0.5, 0.6) is 0 Å². The molecule has 0 amide bonds. The van der Waals surface area contributed by atoms with Gasteiger partial charge >= 0.3 is 5.97 Å². The molecular weight excluding hydrogens is 232 g/mol.